The molecular weight excluding hydrogens is 640 g/mol. The second kappa shape index (κ2) is 15.5. The van der Waals surface area contributed by atoms with Crippen molar-refractivity contribution in [2.45, 2.75) is 123 Å². The van der Waals surface area contributed by atoms with Gasteiger partial charge in [-0.3, -0.25) is 0 Å². The highest BCUT2D eigenvalue weighted by Gasteiger charge is 2.56. The quantitative estimate of drug-likeness (QED) is 0.102. The van der Waals surface area contributed by atoms with E-state index in [0.29, 0.717) is 0 Å². The van der Waals surface area contributed by atoms with Crippen molar-refractivity contribution in [2.24, 2.45) is 0 Å². The largest absolute Gasteiger partial charge is 0.479 e. The SMILES string of the molecule is O=C(O)[C@H]1O[C@@H](O[C@H]2[C@H](O)[C@@H](O)[C@H](O[C@H]3[C@H](O)[C@@H](O)C(O)O[C@@H]3CO)O[C@@H]2CO)[C@H](O)[C@@H](O)[C@@H]1O[C@@H]1O[C@H](CO)[C@@H](O)[C@H](O)[C@H]1O. The zero-order valence-electron chi connectivity index (χ0n) is 23.7. The van der Waals surface area contributed by atoms with Crippen LogP contribution in [0.2, 0.25) is 0 Å². The molecule has 46 heavy (non-hydrogen) atoms. The Bertz CT molecular complexity index is 986. The van der Waals surface area contributed by atoms with Crippen LogP contribution in [0.15, 0.2) is 0 Å². The van der Waals surface area contributed by atoms with Gasteiger partial charge >= 0.3 is 5.97 Å². The molecule has 1 unspecified atom stereocenters. The zero-order valence-corrected chi connectivity index (χ0v) is 23.7. The van der Waals surface area contributed by atoms with Crippen molar-refractivity contribution in [3.05, 3.63) is 0 Å². The van der Waals surface area contributed by atoms with E-state index in [9.17, 15) is 76.3 Å². The first-order chi connectivity index (χ1) is 21.7. The van der Waals surface area contributed by atoms with Gasteiger partial charge in [0.25, 0.3) is 0 Å². The van der Waals surface area contributed by atoms with E-state index < -0.39 is 149 Å². The first-order valence-electron chi connectivity index (χ1n) is 14.1. The fraction of sp³-hybridized carbons (Fsp3) is 0.958. The van der Waals surface area contributed by atoms with Crippen LogP contribution in [-0.2, 0) is 38.0 Å². The van der Waals surface area contributed by atoms with Gasteiger partial charge in [-0.15, -0.1) is 0 Å². The van der Waals surface area contributed by atoms with E-state index in [4.69, 9.17) is 33.2 Å². The number of rotatable bonds is 10. The second-order valence-corrected chi connectivity index (χ2v) is 11.2. The molecule has 268 valence electrons. The van der Waals surface area contributed by atoms with Gasteiger partial charge in [-0.25, -0.2) is 4.79 Å². The third kappa shape index (κ3) is 7.31. The first kappa shape index (κ1) is 37.5. The van der Waals surface area contributed by atoms with Gasteiger partial charge in [0.15, 0.2) is 31.3 Å². The molecule has 0 aliphatic carbocycles. The lowest BCUT2D eigenvalue weighted by molar-refractivity contribution is -0.384. The van der Waals surface area contributed by atoms with Gasteiger partial charge in [0, 0.05) is 0 Å². The lowest BCUT2D eigenvalue weighted by atomic mass is 9.95. The third-order valence-electron chi connectivity index (χ3n) is 8.17. The maximum Gasteiger partial charge on any atom is 0.335 e. The molecule has 22 heteroatoms. The Labute approximate surface area is 258 Å². The minimum Gasteiger partial charge on any atom is -0.479 e. The van der Waals surface area contributed by atoms with Crippen molar-refractivity contribution in [3.8, 4) is 0 Å². The molecule has 4 aliphatic rings. The van der Waals surface area contributed by atoms with Gasteiger partial charge in [0.1, 0.15) is 91.6 Å². The fourth-order valence-corrected chi connectivity index (χ4v) is 5.51. The van der Waals surface area contributed by atoms with Gasteiger partial charge in [0.2, 0.25) is 0 Å². The number of aliphatic carboxylic acids is 1. The normalized spacial score (nSPS) is 51.9. The molecule has 0 aromatic heterocycles. The molecule has 0 aromatic carbocycles. The zero-order chi connectivity index (χ0) is 34.2. The molecule has 0 aromatic rings. The van der Waals surface area contributed by atoms with Crippen LogP contribution in [-0.4, -0.2) is 220 Å². The topological polar surface area (TPSA) is 365 Å². The molecule has 22 nitrogen and oxygen atoms in total. The molecule has 0 saturated carbocycles. The van der Waals surface area contributed by atoms with E-state index in [1.165, 1.54) is 0 Å². The highest BCUT2D eigenvalue weighted by Crippen LogP contribution is 2.34. The number of aliphatic hydroxyl groups is 13. The molecule has 0 radical (unpaired) electrons. The molecule has 0 bridgehead atoms. The van der Waals surface area contributed by atoms with Crippen LogP contribution < -0.4 is 0 Å². The average molecular weight is 681 g/mol. The Kier molecular flexibility index (Phi) is 12.6. The van der Waals surface area contributed by atoms with Crippen molar-refractivity contribution in [1.29, 1.82) is 0 Å². The van der Waals surface area contributed by atoms with Crippen LogP contribution in [0.3, 0.4) is 0 Å². The highest BCUT2D eigenvalue weighted by molar-refractivity contribution is 5.73. The van der Waals surface area contributed by atoms with Gasteiger partial charge in [-0.05, 0) is 0 Å². The molecule has 4 rings (SSSR count). The minimum atomic E-state index is -2.20. The summed E-state index contributed by atoms with van der Waals surface area (Å²) in [5, 5.41) is 142. The van der Waals surface area contributed by atoms with Crippen LogP contribution in [0, 0.1) is 0 Å². The fourth-order valence-electron chi connectivity index (χ4n) is 5.51. The summed E-state index contributed by atoms with van der Waals surface area (Å²) >= 11 is 0. The monoisotopic (exact) mass is 680 g/mol. The predicted molar refractivity (Wildman–Crippen MR) is 134 cm³/mol. The maximum atomic E-state index is 12.1. The maximum absolute atomic E-state index is 12.1. The standard InChI is InChI=1S/C24H40O22/c25-1-4-7(28)8(29)13(34)22(41-4)45-18-11(32)15(36)24(46-19(18)20(37)38)44-17-6(3-27)42-23(14(35)10(17)31)43-16-5(2-26)40-21(39)12(33)9(16)30/h4-19,21-36,39H,1-3H2,(H,37,38)/t4-,5-,6-,7-,8+,9-,10-,11-,12-,13-,14-,15-,16-,17-,18+,19+,21?,22+,23+,24-/m1/s1. The minimum absolute atomic E-state index is 0.836. The lowest BCUT2D eigenvalue weighted by Gasteiger charge is -2.48. The van der Waals surface area contributed by atoms with Crippen molar-refractivity contribution in [2.75, 3.05) is 19.8 Å². The number of ether oxygens (including phenoxy) is 7. The van der Waals surface area contributed by atoms with E-state index in [1.54, 1.807) is 0 Å². The molecule has 0 amide bonds. The van der Waals surface area contributed by atoms with Crippen LogP contribution >= 0.6 is 0 Å². The van der Waals surface area contributed by atoms with Gasteiger partial charge in [-0.1, -0.05) is 0 Å². The van der Waals surface area contributed by atoms with Crippen LogP contribution in [0.4, 0.5) is 0 Å². The van der Waals surface area contributed by atoms with Crippen LogP contribution in [0.1, 0.15) is 0 Å². The van der Waals surface area contributed by atoms with Gasteiger partial charge in [0.05, 0.1) is 19.8 Å². The summed E-state index contributed by atoms with van der Waals surface area (Å²) in [6.45, 7) is -2.66. The van der Waals surface area contributed by atoms with E-state index in [-0.39, 0.29) is 0 Å². The van der Waals surface area contributed by atoms with Gasteiger partial charge in [-0.2, -0.15) is 0 Å². The van der Waals surface area contributed by atoms with E-state index in [2.05, 4.69) is 0 Å². The van der Waals surface area contributed by atoms with E-state index in [0.717, 1.165) is 0 Å². The molecular formula is C24H40O22. The predicted octanol–water partition coefficient (Wildman–Crippen LogP) is -9.66. The lowest BCUT2D eigenvalue weighted by Crippen LogP contribution is -2.67. The summed E-state index contributed by atoms with van der Waals surface area (Å²) in [7, 11) is 0. The summed E-state index contributed by atoms with van der Waals surface area (Å²) < 4.78 is 37.0. The number of hydrogen-bond acceptors (Lipinski definition) is 21. The summed E-state index contributed by atoms with van der Waals surface area (Å²) in [5.74, 6) is -1.80. The van der Waals surface area contributed by atoms with Crippen molar-refractivity contribution in [3.63, 3.8) is 0 Å². The Morgan fingerprint density at radius 2 is 0.848 bits per heavy atom. The molecule has 4 heterocycles. The summed E-state index contributed by atoms with van der Waals surface area (Å²) in [4.78, 5) is 12.1. The Hall–Kier alpha value is -1.33. The molecule has 0 spiro atoms. The van der Waals surface area contributed by atoms with Crippen molar-refractivity contribution < 1.29 is 109 Å². The van der Waals surface area contributed by atoms with Crippen molar-refractivity contribution >= 4 is 5.97 Å². The Morgan fingerprint density at radius 1 is 0.457 bits per heavy atom. The number of carbonyl (C=O) groups is 1. The van der Waals surface area contributed by atoms with Crippen LogP contribution in [0.25, 0.3) is 0 Å². The average Bonchev–Trinajstić information content (AvgIpc) is 3.03. The Balaban J connectivity index is 1.46. The molecule has 20 atom stereocenters. The summed E-state index contributed by atoms with van der Waals surface area (Å²) in [6, 6.07) is 0. The molecule has 4 fully saturated rings. The molecule has 14 N–H and O–H groups in total. The number of carboxylic acids is 1. The molecule has 4 aliphatic heterocycles. The molecule has 4 saturated heterocycles. The Morgan fingerprint density at radius 3 is 1.35 bits per heavy atom. The van der Waals surface area contributed by atoms with Crippen molar-refractivity contribution in [1.82, 2.24) is 0 Å². The van der Waals surface area contributed by atoms with Gasteiger partial charge < -0.3 is 105 Å². The number of hydrogen-bond donors (Lipinski definition) is 14. The van der Waals surface area contributed by atoms with Crippen LogP contribution in [0.5, 0.6) is 0 Å². The smallest absolute Gasteiger partial charge is 0.335 e. The summed E-state index contributed by atoms with van der Waals surface area (Å²) in [5.41, 5.74) is 0. The van der Waals surface area contributed by atoms with E-state index >= 15 is 0 Å². The first-order valence-corrected chi connectivity index (χ1v) is 14.1. The highest BCUT2D eigenvalue weighted by atomic mass is 16.8. The number of carboxylic acid groups (broad SMARTS) is 1. The summed E-state index contributed by atoms with van der Waals surface area (Å²) in [6.07, 6.45) is -38.1. The second-order valence-electron chi connectivity index (χ2n) is 11.2. The third-order valence-corrected chi connectivity index (χ3v) is 8.17. The van der Waals surface area contributed by atoms with E-state index in [1.807, 2.05) is 0 Å². The number of aliphatic hydroxyl groups excluding tert-OH is 13.